The fourth-order valence-electron chi connectivity index (χ4n) is 4.17. The summed E-state index contributed by atoms with van der Waals surface area (Å²) < 4.78 is 5.18. The van der Waals surface area contributed by atoms with Crippen molar-refractivity contribution in [2.24, 2.45) is 5.92 Å². The molecule has 0 amide bonds. The largest absolute Gasteiger partial charge is 0.497 e. The van der Waals surface area contributed by atoms with Gasteiger partial charge in [0.15, 0.2) is 0 Å². The lowest BCUT2D eigenvalue weighted by atomic mass is 9.84. The van der Waals surface area contributed by atoms with Crippen LogP contribution in [0.15, 0.2) is 24.3 Å². The maximum Gasteiger partial charge on any atom is 0.320 e. The highest BCUT2D eigenvalue weighted by atomic mass is 16.5. The minimum Gasteiger partial charge on any atom is -0.497 e. The Labute approximate surface area is 132 Å². The summed E-state index contributed by atoms with van der Waals surface area (Å²) in [5, 5.41) is 9.54. The second kappa shape index (κ2) is 6.69. The van der Waals surface area contributed by atoms with Crippen molar-refractivity contribution in [2.75, 3.05) is 13.7 Å². The van der Waals surface area contributed by atoms with Gasteiger partial charge in [-0.3, -0.25) is 9.69 Å². The average Bonchev–Trinajstić information content (AvgIpc) is 2.92. The van der Waals surface area contributed by atoms with Crippen molar-refractivity contribution in [2.45, 2.75) is 50.6 Å². The SMILES string of the molecule is COc1ccc(CCN2C(C(=O)O)CC3CCCCC32)cc1. The Morgan fingerprint density at radius 2 is 2.00 bits per heavy atom. The molecule has 3 unspecified atom stereocenters. The molecule has 0 radical (unpaired) electrons. The summed E-state index contributed by atoms with van der Waals surface area (Å²) in [5.74, 6) is 0.801. The van der Waals surface area contributed by atoms with Gasteiger partial charge < -0.3 is 9.84 Å². The van der Waals surface area contributed by atoms with Crippen LogP contribution < -0.4 is 4.74 Å². The molecule has 1 saturated carbocycles. The van der Waals surface area contributed by atoms with Crippen LogP contribution in [-0.2, 0) is 11.2 Å². The normalized spacial score (nSPS) is 28.3. The predicted octanol–water partition coefficient (Wildman–Crippen LogP) is 2.96. The van der Waals surface area contributed by atoms with E-state index >= 15 is 0 Å². The van der Waals surface area contributed by atoms with Gasteiger partial charge in [-0.2, -0.15) is 0 Å². The first-order valence-electron chi connectivity index (χ1n) is 8.30. The van der Waals surface area contributed by atoms with E-state index in [0.29, 0.717) is 12.0 Å². The van der Waals surface area contributed by atoms with E-state index in [1.54, 1.807) is 7.11 Å². The summed E-state index contributed by atoms with van der Waals surface area (Å²) >= 11 is 0. The third-order valence-electron chi connectivity index (χ3n) is 5.32. The summed E-state index contributed by atoms with van der Waals surface area (Å²) in [4.78, 5) is 13.9. The number of carboxylic acids is 1. The van der Waals surface area contributed by atoms with E-state index < -0.39 is 5.97 Å². The number of hydrogen-bond acceptors (Lipinski definition) is 3. The number of rotatable bonds is 5. The first kappa shape index (κ1) is 15.3. The molecule has 4 nitrogen and oxygen atoms in total. The number of benzene rings is 1. The van der Waals surface area contributed by atoms with Crippen LogP contribution in [0.1, 0.15) is 37.7 Å². The molecule has 1 aromatic carbocycles. The highest BCUT2D eigenvalue weighted by Crippen LogP contribution is 2.39. The van der Waals surface area contributed by atoms with E-state index in [0.717, 1.165) is 31.6 Å². The van der Waals surface area contributed by atoms with Gasteiger partial charge >= 0.3 is 5.97 Å². The van der Waals surface area contributed by atoms with Crippen LogP contribution in [0.2, 0.25) is 0 Å². The van der Waals surface area contributed by atoms with Crippen LogP contribution >= 0.6 is 0 Å². The molecule has 0 spiro atoms. The molecule has 1 aliphatic carbocycles. The van der Waals surface area contributed by atoms with Crippen molar-refractivity contribution in [1.82, 2.24) is 4.90 Å². The monoisotopic (exact) mass is 303 g/mol. The van der Waals surface area contributed by atoms with Crippen molar-refractivity contribution in [1.29, 1.82) is 0 Å². The van der Waals surface area contributed by atoms with Gasteiger partial charge in [0.2, 0.25) is 0 Å². The maximum absolute atomic E-state index is 11.6. The molecule has 0 bridgehead atoms. The quantitative estimate of drug-likeness (QED) is 0.908. The van der Waals surface area contributed by atoms with Gasteiger partial charge in [0.05, 0.1) is 7.11 Å². The van der Waals surface area contributed by atoms with Crippen LogP contribution in [0, 0.1) is 5.92 Å². The Kier molecular flexibility index (Phi) is 4.67. The zero-order chi connectivity index (χ0) is 15.5. The summed E-state index contributed by atoms with van der Waals surface area (Å²) in [6, 6.07) is 8.28. The van der Waals surface area contributed by atoms with Crippen LogP contribution in [0.4, 0.5) is 0 Å². The molecule has 1 N–H and O–H groups in total. The third kappa shape index (κ3) is 3.12. The lowest BCUT2D eigenvalue weighted by molar-refractivity contribution is -0.142. The molecule has 1 saturated heterocycles. The lowest BCUT2D eigenvalue weighted by Crippen LogP contribution is -2.43. The topological polar surface area (TPSA) is 49.8 Å². The number of hydrogen-bond donors (Lipinski definition) is 1. The highest BCUT2D eigenvalue weighted by molar-refractivity contribution is 5.74. The number of aliphatic carboxylic acids is 1. The second-order valence-corrected chi connectivity index (χ2v) is 6.54. The van der Waals surface area contributed by atoms with Crippen molar-refractivity contribution < 1.29 is 14.6 Å². The summed E-state index contributed by atoms with van der Waals surface area (Å²) in [6.07, 6.45) is 6.61. The average molecular weight is 303 g/mol. The molecule has 1 aliphatic heterocycles. The Balaban J connectivity index is 1.66. The van der Waals surface area contributed by atoms with Crippen LogP contribution in [-0.4, -0.2) is 41.7 Å². The summed E-state index contributed by atoms with van der Waals surface area (Å²) in [6.45, 7) is 0.838. The lowest BCUT2D eigenvalue weighted by Gasteiger charge is -2.33. The fourth-order valence-corrected chi connectivity index (χ4v) is 4.17. The molecule has 4 heteroatoms. The number of fused-ring (bicyclic) bond motifs is 1. The first-order valence-corrected chi connectivity index (χ1v) is 8.30. The van der Waals surface area contributed by atoms with Gasteiger partial charge in [-0.05, 0) is 49.3 Å². The molecule has 3 rings (SSSR count). The Morgan fingerprint density at radius 1 is 1.27 bits per heavy atom. The first-order chi connectivity index (χ1) is 10.7. The Bertz CT molecular complexity index is 514. The number of methoxy groups -OCH3 is 1. The molecule has 3 atom stereocenters. The van der Waals surface area contributed by atoms with Gasteiger partial charge in [0.25, 0.3) is 0 Å². The minimum absolute atomic E-state index is 0.286. The molecule has 0 aromatic heterocycles. The number of carbonyl (C=O) groups is 1. The number of carboxylic acid groups (broad SMARTS) is 1. The van der Waals surface area contributed by atoms with Gasteiger partial charge in [0, 0.05) is 12.6 Å². The van der Waals surface area contributed by atoms with Gasteiger partial charge in [-0.15, -0.1) is 0 Å². The summed E-state index contributed by atoms with van der Waals surface area (Å²) in [5.41, 5.74) is 1.24. The van der Waals surface area contributed by atoms with Gasteiger partial charge in [0.1, 0.15) is 11.8 Å². The predicted molar refractivity (Wildman–Crippen MR) is 85.2 cm³/mol. The fraction of sp³-hybridized carbons (Fsp3) is 0.611. The Hall–Kier alpha value is -1.55. The zero-order valence-corrected chi connectivity index (χ0v) is 13.2. The second-order valence-electron chi connectivity index (χ2n) is 6.54. The molecule has 1 aromatic rings. The molecular formula is C18H25NO3. The van der Waals surface area contributed by atoms with Crippen molar-refractivity contribution in [3.8, 4) is 5.75 Å². The van der Waals surface area contributed by atoms with Crippen LogP contribution in [0.5, 0.6) is 5.75 Å². The third-order valence-corrected chi connectivity index (χ3v) is 5.32. The maximum atomic E-state index is 11.6. The van der Waals surface area contributed by atoms with E-state index in [4.69, 9.17) is 4.74 Å². The van der Waals surface area contributed by atoms with Crippen molar-refractivity contribution in [3.05, 3.63) is 29.8 Å². The van der Waals surface area contributed by atoms with E-state index in [-0.39, 0.29) is 6.04 Å². The minimum atomic E-state index is -0.649. The smallest absolute Gasteiger partial charge is 0.320 e. The van der Waals surface area contributed by atoms with Gasteiger partial charge in [-0.1, -0.05) is 25.0 Å². The van der Waals surface area contributed by atoms with Crippen LogP contribution in [0.25, 0.3) is 0 Å². The Morgan fingerprint density at radius 3 is 2.68 bits per heavy atom. The van der Waals surface area contributed by atoms with E-state index in [9.17, 15) is 9.90 Å². The highest BCUT2D eigenvalue weighted by Gasteiger charge is 2.44. The molecule has 120 valence electrons. The molecular weight excluding hydrogens is 278 g/mol. The number of nitrogens with zero attached hydrogens (tertiary/aromatic N) is 1. The van der Waals surface area contributed by atoms with E-state index in [1.165, 1.54) is 24.8 Å². The molecule has 1 heterocycles. The van der Waals surface area contributed by atoms with Crippen LogP contribution in [0.3, 0.4) is 0 Å². The zero-order valence-electron chi connectivity index (χ0n) is 13.2. The summed E-state index contributed by atoms with van der Waals surface area (Å²) in [7, 11) is 1.67. The van der Waals surface area contributed by atoms with Gasteiger partial charge in [-0.25, -0.2) is 0 Å². The number of likely N-dealkylation sites (tertiary alicyclic amines) is 1. The van der Waals surface area contributed by atoms with E-state index in [2.05, 4.69) is 17.0 Å². The number of ether oxygens (including phenoxy) is 1. The van der Waals surface area contributed by atoms with Crippen molar-refractivity contribution in [3.63, 3.8) is 0 Å². The molecule has 22 heavy (non-hydrogen) atoms. The standard InChI is InChI=1S/C18H25NO3/c1-22-15-8-6-13(7-9-15)10-11-19-16-5-3-2-4-14(16)12-17(19)18(20)21/h6-9,14,16-17H,2-5,10-12H2,1H3,(H,20,21). The van der Waals surface area contributed by atoms with E-state index in [1.807, 2.05) is 12.1 Å². The van der Waals surface area contributed by atoms with Crippen molar-refractivity contribution >= 4 is 5.97 Å². The molecule has 2 aliphatic rings. The molecule has 2 fully saturated rings.